The van der Waals surface area contributed by atoms with Crippen LogP contribution in [-0.2, 0) is 16.6 Å². The summed E-state index contributed by atoms with van der Waals surface area (Å²) >= 11 is 0. The van der Waals surface area contributed by atoms with Crippen molar-refractivity contribution in [1.82, 2.24) is 0 Å². The van der Waals surface area contributed by atoms with Crippen molar-refractivity contribution in [2.45, 2.75) is 49.5 Å². The van der Waals surface area contributed by atoms with E-state index in [9.17, 15) is 9.90 Å². The van der Waals surface area contributed by atoms with Crippen LogP contribution in [0.25, 0.3) is 0 Å². The average Bonchev–Trinajstić information content (AvgIpc) is 3.19. The number of benzene rings is 1. The summed E-state index contributed by atoms with van der Waals surface area (Å²) in [7, 11) is 0. The summed E-state index contributed by atoms with van der Waals surface area (Å²) in [6, 6.07) is 8.12. The van der Waals surface area contributed by atoms with Crippen LogP contribution in [0.1, 0.15) is 43.2 Å². The Morgan fingerprint density at radius 1 is 1.22 bits per heavy atom. The highest BCUT2D eigenvalue weighted by molar-refractivity contribution is 5.70. The molecule has 18 heavy (non-hydrogen) atoms. The molecule has 96 valence electrons. The van der Waals surface area contributed by atoms with Crippen molar-refractivity contribution < 1.29 is 15.0 Å². The van der Waals surface area contributed by atoms with Crippen molar-refractivity contribution in [3.8, 4) is 0 Å². The summed E-state index contributed by atoms with van der Waals surface area (Å²) in [5, 5.41) is 18.9. The third-order valence-corrected chi connectivity index (χ3v) is 4.24. The van der Waals surface area contributed by atoms with Crippen LogP contribution in [0.2, 0.25) is 0 Å². The van der Waals surface area contributed by atoms with Gasteiger partial charge in [-0.3, -0.25) is 4.79 Å². The number of aliphatic carboxylic acids is 1. The van der Waals surface area contributed by atoms with E-state index in [0.717, 1.165) is 36.8 Å². The van der Waals surface area contributed by atoms with Gasteiger partial charge in [-0.1, -0.05) is 24.3 Å². The van der Waals surface area contributed by atoms with Gasteiger partial charge in [-0.2, -0.15) is 0 Å². The third-order valence-electron chi connectivity index (χ3n) is 4.24. The van der Waals surface area contributed by atoms with E-state index >= 15 is 0 Å². The first-order chi connectivity index (χ1) is 8.51. The number of hydrogen-bond donors (Lipinski definition) is 2. The molecule has 0 unspecified atom stereocenters. The zero-order chi connectivity index (χ0) is 12.8. The van der Waals surface area contributed by atoms with Crippen molar-refractivity contribution in [2.75, 3.05) is 0 Å². The van der Waals surface area contributed by atoms with Crippen LogP contribution in [-0.4, -0.2) is 21.8 Å². The third kappa shape index (κ3) is 2.27. The maximum Gasteiger partial charge on any atom is 0.304 e. The second kappa shape index (κ2) is 3.82. The zero-order valence-corrected chi connectivity index (χ0v) is 10.4. The predicted molar refractivity (Wildman–Crippen MR) is 67.5 cm³/mol. The van der Waals surface area contributed by atoms with Crippen molar-refractivity contribution in [1.29, 1.82) is 0 Å². The predicted octanol–water partition coefficient (Wildman–Crippen LogP) is 2.26. The van der Waals surface area contributed by atoms with Crippen LogP contribution < -0.4 is 0 Å². The largest absolute Gasteiger partial charge is 0.481 e. The molecule has 0 aromatic heterocycles. The molecule has 2 aliphatic carbocycles. The van der Waals surface area contributed by atoms with Gasteiger partial charge in [0.15, 0.2) is 0 Å². The summed E-state index contributed by atoms with van der Waals surface area (Å²) in [4.78, 5) is 10.9. The molecule has 3 nitrogen and oxygen atoms in total. The minimum absolute atomic E-state index is 0.131. The molecular weight excluding hydrogens is 228 g/mol. The van der Waals surface area contributed by atoms with Gasteiger partial charge in [-0.25, -0.2) is 0 Å². The monoisotopic (exact) mass is 246 g/mol. The van der Waals surface area contributed by atoms with E-state index in [2.05, 4.69) is 6.07 Å². The van der Waals surface area contributed by atoms with E-state index in [0.29, 0.717) is 6.42 Å². The van der Waals surface area contributed by atoms with Gasteiger partial charge in [0, 0.05) is 11.8 Å². The van der Waals surface area contributed by atoms with Crippen molar-refractivity contribution >= 4 is 5.97 Å². The van der Waals surface area contributed by atoms with Crippen molar-refractivity contribution in [3.05, 3.63) is 35.4 Å². The molecule has 0 spiro atoms. The lowest BCUT2D eigenvalue weighted by molar-refractivity contribution is -0.137. The first-order valence-corrected chi connectivity index (χ1v) is 6.55. The second-order valence-corrected chi connectivity index (χ2v) is 5.95. The molecule has 0 bridgehead atoms. The SMILES string of the molecule is O=C(O)CC1(c2cccc(CC3(O)CC3)c2)CC1. The molecular formula is C15H18O3. The van der Waals surface area contributed by atoms with Crippen LogP contribution in [0.15, 0.2) is 24.3 Å². The Labute approximate surface area is 106 Å². The number of carboxylic acids is 1. The van der Waals surface area contributed by atoms with Crippen molar-refractivity contribution in [3.63, 3.8) is 0 Å². The minimum Gasteiger partial charge on any atom is -0.481 e. The Morgan fingerprint density at radius 3 is 2.50 bits per heavy atom. The summed E-state index contributed by atoms with van der Waals surface area (Å²) in [6.07, 6.45) is 4.62. The van der Waals surface area contributed by atoms with Crippen LogP contribution >= 0.6 is 0 Å². The molecule has 1 aromatic rings. The highest BCUT2D eigenvalue weighted by Gasteiger charge is 2.46. The van der Waals surface area contributed by atoms with E-state index < -0.39 is 11.6 Å². The van der Waals surface area contributed by atoms with E-state index in [4.69, 9.17) is 5.11 Å². The van der Waals surface area contributed by atoms with Gasteiger partial charge in [0.05, 0.1) is 12.0 Å². The normalized spacial score (nSPS) is 22.5. The molecule has 2 aliphatic rings. The number of carbonyl (C=O) groups is 1. The van der Waals surface area contributed by atoms with E-state index in [1.807, 2.05) is 18.2 Å². The smallest absolute Gasteiger partial charge is 0.304 e. The molecule has 2 fully saturated rings. The number of rotatable bonds is 5. The first kappa shape index (κ1) is 11.7. The molecule has 0 aliphatic heterocycles. The average molecular weight is 246 g/mol. The molecule has 3 heteroatoms. The molecule has 2 saturated carbocycles. The van der Waals surface area contributed by atoms with Gasteiger partial charge in [-0.15, -0.1) is 0 Å². The standard InChI is InChI=1S/C15H18O3/c16-13(17)10-14(4-5-14)12-3-1-2-11(8-12)9-15(18)6-7-15/h1-3,8,18H,4-7,9-10H2,(H,16,17). The molecule has 0 amide bonds. The Balaban J connectivity index is 1.80. The Bertz CT molecular complexity index is 484. The molecule has 0 heterocycles. The molecule has 0 saturated heterocycles. The van der Waals surface area contributed by atoms with Crippen molar-refractivity contribution in [2.24, 2.45) is 0 Å². The molecule has 0 atom stereocenters. The molecule has 3 rings (SSSR count). The van der Waals surface area contributed by atoms with E-state index in [1.165, 1.54) is 0 Å². The van der Waals surface area contributed by atoms with E-state index in [-0.39, 0.29) is 11.8 Å². The Morgan fingerprint density at radius 2 is 1.94 bits per heavy atom. The molecule has 1 aromatic carbocycles. The first-order valence-electron chi connectivity index (χ1n) is 6.55. The number of hydrogen-bond acceptors (Lipinski definition) is 2. The highest BCUT2D eigenvalue weighted by Crippen LogP contribution is 2.51. The van der Waals surface area contributed by atoms with Gasteiger partial charge in [-0.05, 0) is 36.8 Å². The van der Waals surface area contributed by atoms with Gasteiger partial charge >= 0.3 is 5.97 Å². The fourth-order valence-electron chi connectivity index (χ4n) is 2.72. The highest BCUT2D eigenvalue weighted by atomic mass is 16.4. The lowest BCUT2D eigenvalue weighted by Gasteiger charge is -2.15. The van der Waals surface area contributed by atoms with Gasteiger partial charge in [0.1, 0.15) is 0 Å². The molecule has 0 radical (unpaired) electrons. The minimum atomic E-state index is -0.723. The van der Waals surface area contributed by atoms with E-state index in [1.54, 1.807) is 0 Å². The Kier molecular flexibility index (Phi) is 2.49. The van der Waals surface area contributed by atoms with Gasteiger partial charge in [0.25, 0.3) is 0 Å². The number of aliphatic hydroxyl groups is 1. The van der Waals surface area contributed by atoms with Gasteiger partial charge < -0.3 is 10.2 Å². The summed E-state index contributed by atoms with van der Waals surface area (Å²) < 4.78 is 0. The second-order valence-electron chi connectivity index (χ2n) is 5.95. The van der Waals surface area contributed by atoms with Crippen LogP contribution in [0, 0.1) is 0 Å². The van der Waals surface area contributed by atoms with Gasteiger partial charge in [0.2, 0.25) is 0 Å². The Hall–Kier alpha value is -1.35. The molecule has 2 N–H and O–H groups in total. The van der Waals surface area contributed by atoms with Crippen LogP contribution in [0.5, 0.6) is 0 Å². The fraction of sp³-hybridized carbons (Fsp3) is 0.533. The maximum absolute atomic E-state index is 10.9. The number of carboxylic acid groups (broad SMARTS) is 1. The lowest BCUT2D eigenvalue weighted by atomic mass is 9.90. The summed E-state index contributed by atoms with van der Waals surface area (Å²) in [6.45, 7) is 0. The quantitative estimate of drug-likeness (QED) is 0.837. The summed E-state index contributed by atoms with van der Waals surface area (Å²) in [5.41, 5.74) is 1.65. The van der Waals surface area contributed by atoms with Crippen LogP contribution in [0.3, 0.4) is 0 Å². The zero-order valence-electron chi connectivity index (χ0n) is 10.4. The lowest BCUT2D eigenvalue weighted by Crippen LogP contribution is -2.15. The maximum atomic E-state index is 10.9. The fourth-order valence-corrected chi connectivity index (χ4v) is 2.72. The topological polar surface area (TPSA) is 57.5 Å². The summed E-state index contributed by atoms with van der Waals surface area (Å²) in [5.74, 6) is -0.723. The van der Waals surface area contributed by atoms with Crippen LogP contribution in [0.4, 0.5) is 0 Å².